The highest BCUT2D eigenvalue weighted by Crippen LogP contribution is 2.03. The molecule has 0 aliphatic heterocycles. The van der Waals surface area contributed by atoms with Gasteiger partial charge >= 0.3 is 0 Å². The highest BCUT2D eigenvalue weighted by molar-refractivity contribution is 7.80. The number of nitrogens with zero attached hydrogens (tertiary/aromatic N) is 1. The van der Waals surface area contributed by atoms with E-state index in [0.29, 0.717) is 18.7 Å². The summed E-state index contributed by atoms with van der Waals surface area (Å²) >= 11 is 3.91. The maximum atomic E-state index is 12.5. The van der Waals surface area contributed by atoms with Gasteiger partial charge in [0.25, 0.3) is 0 Å². The van der Waals surface area contributed by atoms with Gasteiger partial charge in [0.05, 0.1) is 5.83 Å². The molecule has 60 valence electrons. The molecule has 0 amide bonds. The van der Waals surface area contributed by atoms with E-state index >= 15 is 0 Å². The van der Waals surface area contributed by atoms with Crippen LogP contribution in [0.25, 0.3) is 0 Å². The minimum atomic E-state index is -0.0660. The summed E-state index contributed by atoms with van der Waals surface area (Å²) in [6, 6.07) is 0. The Kier molecular flexibility index (Phi) is 5.73. The molecule has 3 heteroatoms. The average Bonchev–Trinajstić information content (AvgIpc) is 1.85. The quantitative estimate of drug-likeness (QED) is 0.618. The molecule has 0 aliphatic carbocycles. The Balaban J connectivity index is 3.47. The number of likely N-dealkylation sites (N-methyl/N-ethyl adjacent to an activating group) is 1. The van der Waals surface area contributed by atoms with Gasteiger partial charge in [-0.1, -0.05) is 0 Å². The van der Waals surface area contributed by atoms with Crippen molar-refractivity contribution in [3.63, 3.8) is 0 Å². The number of hydrogen-bond acceptors (Lipinski definition) is 2. The Morgan fingerprint density at radius 1 is 1.60 bits per heavy atom. The molecule has 0 spiro atoms. The molecule has 0 aromatic carbocycles. The van der Waals surface area contributed by atoms with E-state index < -0.39 is 0 Å². The fourth-order valence-electron chi connectivity index (χ4n) is 0.490. The van der Waals surface area contributed by atoms with E-state index in [2.05, 4.69) is 12.6 Å². The van der Waals surface area contributed by atoms with Crippen molar-refractivity contribution in [1.29, 1.82) is 0 Å². The fourth-order valence-corrected chi connectivity index (χ4v) is 0.704. The Bertz CT molecular complexity index is 112. The summed E-state index contributed by atoms with van der Waals surface area (Å²) in [6.45, 7) is 0.666. The molecule has 0 rings (SSSR count). The second-order valence-electron chi connectivity index (χ2n) is 2.39. The van der Waals surface area contributed by atoms with Gasteiger partial charge in [-0.25, -0.2) is 4.39 Å². The summed E-state index contributed by atoms with van der Waals surface area (Å²) < 4.78 is 12.5. The van der Waals surface area contributed by atoms with E-state index in [1.54, 1.807) is 6.08 Å². The predicted molar refractivity (Wildman–Crippen MR) is 46.2 cm³/mol. The van der Waals surface area contributed by atoms with E-state index in [1.807, 2.05) is 19.0 Å². The van der Waals surface area contributed by atoms with Crippen molar-refractivity contribution in [3.05, 3.63) is 11.9 Å². The Labute approximate surface area is 67.3 Å². The number of hydrogen-bond donors (Lipinski definition) is 1. The summed E-state index contributed by atoms with van der Waals surface area (Å²) in [6.07, 6.45) is 2.02. The molecule has 0 aromatic heterocycles. The molecule has 0 heterocycles. The average molecular weight is 163 g/mol. The summed E-state index contributed by atoms with van der Waals surface area (Å²) in [5, 5.41) is 0. The van der Waals surface area contributed by atoms with E-state index in [0.717, 1.165) is 0 Å². The second-order valence-corrected chi connectivity index (χ2v) is 2.83. The van der Waals surface area contributed by atoms with Crippen molar-refractivity contribution in [2.45, 2.75) is 6.42 Å². The smallest absolute Gasteiger partial charge is 0.0980 e. The van der Waals surface area contributed by atoms with E-state index in [9.17, 15) is 4.39 Å². The molecular formula is C7H14FNS. The summed E-state index contributed by atoms with van der Waals surface area (Å²) in [5.74, 6) is 0.513. The summed E-state index contributed by atoms with van der Waals surface area (Å²) in [5.41, 5.74) is 0. The predicted octanol–water partition coefficient (Wildman–Crippen LogP) is 1.72. The van der Waals surface area contributed by atoms with Crippen LogP contribution in [0.1, 0.15) is 6.42 Å². The maximum absolute atomic E-state index is 12.5. The van der Waals surface area contributed by atoms with Gasteiger partial charge in [0.15, 0.2) is 0 Å². The molecule has 0 radical (unpaired) electrons. The fraction of sp³-hybridized carbons (Fsp3) is 0.714. The van der Waals surface area contributed by atoms with Crippen molar-refractivity contribution < 1.29 is 4.39 Å². The Morgan fingerprint density at radius 2 is 2.20 bits per heavy atom. The Hall–Kier alpha value is -0.0200. The topological polar surface area (TPSA) is 3.24 Å². The Morgan fingerprint density at radius 3 is 2.60 bits per heavy atom. The van der Waals surface area contributed by atoms with Crippen molar-refractivity contribution in [2.75, 3.05) is 26.4 Å². The summed E-state index contributed by atoms with van der Waals surface area (Å²) in [7, 11) is 3.81. The van der Waals surface area contributed by atoms with Crippen molar-refractivity contribution in [3.8, 4) is 0 Å². The lowest BCUT2D eigenvalue weighted by atomic mass is 10.4. The molecule has 0 aliphatic rings. The first-order chi connectivity index (χ1) is 4.66. The van der Waals surface area contributed by atoms with Gasteiger partial charge in [-0.05, 0) is 25.9 Å². The molecule has 0 unspecified atom stereocenters. The van der Waals surface area contributed by atoms with Crippen LogP contribution in [-0.4, -0.2) is 31.3 Å². The molecule has 10 heavy (non-hydrogen) atoms. The lowest BCUT2D eigenvalue weighted by Gasteiger charge is -2.04. The largest absolute Gasteiger partial charge is 0.306 e. The van der Waals surface area contributed by atoms with Crippen LogP contribution in [0.3, 0.4) is 0 Å². The van der Waals surface area contributed by atoms with E-state index in [4.69, 9.17) is 0 Å². The SMILES string of the molecule is CN(C)C/C=C(/F)CCS. The molecule has 0 saturated heterocycles. The van der Waals surface area contributed by atoms with Crippen LogP contribution in [0.2, 0.25) is 0 Å². The molecular weight excluding hydrogens is 149 g/mol. The van der Waals surface area contributed by atoms with E-state index in [1.165, 1.54) is 0 Å². The monoisotopic (exact) mass is 163 g/mol. The normalized spacial score (nSPS) is 12.7. The molecule has 0 fully saturated rings. The van der Waals surface area contributed by atoms with Crippen LogP contribution in [0.5, 0.6) is 0 Å². The number of allylic oxidation sites excluding steroid dienone is 1. The summed E-state index contributed by atoms with van der Waals surface area (Å²) in [4.78, 5) is 1.91. The van der Waals surface area contributed by atoms with Crippen LogP contribution in [0, 0.1) is 0 Å². The minimum Gasteiger partial charge on any atom is -0.306 e. The number of rotatable bonds is 4. The van der Waals surface area contributed by atoms with Gasteiger partial charge in [0.1, 0.15) is 0 Å². The first-order valence-corrected chi connectivity index (χ1v) is 3.90. The van der Waals surface area contributed by atoms with Gasteiger partial charge in [-0.3, -0.25) is 0 Å². The first-order valence-electron chi connectivity index (χ1n) is 3.27. The van der Waals surface area contributed by atoms with Gasteiger partial charge < -0.3 is 4.90 Å². The first kappa shape index (κ1) is 9.98. The van der Waals surface area contributed by atoms with Gasteiger partial charge in [0.2, 0.25) is 0 Å². The molecule has 0 bridgehead atoms. The van der Waals surface area contributed by atoms with Crippen LogP contribution < -0.4 is 0 Å². The van der Waals surface area contributed by atoms with Gasteiger partial charge in [0, 0.05) is 13.0 Å². The van der Waals surface area contributed by atoms with Gasteiger partial charge in [-0.15, -0.1) is 0 Å². The highest BCUT2D eigenvalue weighted by Gasteiger charge is 1.91. The minimum absolute atomic E-state index is 0.0660. The zero-order valence-electron chi connectivity index (χ0n) is 6.47. The molecule has 1 nitrogen and oxygen atoms in total. The van der Waals surface area contributed by atoms with Crippen LogP contribution in [-0.2, 0) is 0 Å². The standard InChI is InChI=1S/C7H14FNS/c1-9(2)5-3-7(8)4-6-10/h3,10H,4-6H2,1-2H3/b7-3+. The van der Waals surface area contributed by atoms with E-state index in [-0.39, 0.29) is 5.83 Å². The third-order valence-electron chi connectivity index (χ3n) is 1.03. The third-order valence-corrected chi connectivity index (χ3v) is 1.25. The number of halogens is 1. The lowest BCUT2D eigenvalue weighted by Crippen LogP contribution is -2.10. The zero-order valence-corrected chi connectivity index (χ0v) is 7.37. The molecule has 0 saturated carbocycles. The maximum Gasteiger partial charge on any atom is 0.0980 e. The highest BCUT2D eigenvalue weighted by atomic mass is 32.1. The van der Waals surface area contributed by atoms with Crippen molar-refractivity contribution in [2.24, 2.45) is 0 Å². The third kappa shape index (κ3) is 6.11. The van der Waals surface area contributed by atoms with Crippen molar-refractivity contribution >= 4 is 12.6 Å². The molecule has 0 atom stereocenters. The zero-order chi connectivity index (χ0) is 7.98. The number of thiol groups is 1. The van der Waals surface area contributed by atoms with Gasteiger partial charge in [-0.2, -0.15) is 12.6 Å². The van der Waals surface area contributed by atoms with Crippen LogP contribution in [0.4, 0.5) is 4.39 Å². The lowest BCUT2D eigenvalue weighted by molar-refractivity contribution is 0.448. The van der Waals surface area contributed by atoms with Crippen LogP contribution >= 0.6 is 12.6 Å². The van der Waals surface area contributed by atoms with Crippen molar-refractivity contribution in [1.82, 2.24) is 4.90 Å². The second kappa shape index (κ2) is 5.74. The van der Waals surface area contributed by atoms with Crippen LogP contribution in [0.15, 0.2) is 11.9 Å². The molecule has 0 N–H and O–H groups in total. The molecule has 0 aromatic rings.